The second-order valence-electron chi connectivity index (χ2n) is 5.87. The van der Waals surface area contributed by atoms with Gasteiger partial charge in [-0.2, -0.15) is 0 Å². The zero-order valence-corrected chi connectivity index (χ0v) is 16.4. The predicted octanol–water partition coefficient (Wildman–Crippen LogP) is 5.44. The summed E-state index contributed by atoms with van der Waals surface area (Å²) in [5.74, 6) is -0.618. The number of rotatable bonds is 4. The first-order chi connectivity index (χ1) is 13.1. The molecule has 27 heavy (non-hydrogen) atoms. The third kappa shape index (κ3) is 3.89. The number of fused-ring (bicyclic) bond motifs is 1. The lowest BCUT2D eigenvalue weighted by molar-refractivity contribution is 0.0985. The molecule has 0 fully saturated rings. The Bertz CT molecular complexity index is 1100. The van der Waals surface area contributed by atoms with Crippen LogP contribution in [-0.4, -0.2) is 15.9 Å². The van der Waals surface area contributed by atoms with Gasteiger partial charge in [0.2, 0.25) is 0 Å². The maximum atomic E-state index is 13.3. The van der Waals surface area contributed by atoms with Gasteiger partial charge in [-0.1, -0.05) is 33.3 Å². The summed E-state index contributed by atoms with van der Waals surface area (Å²) in [5.41, 5.74) is 2.11. The lowest BCUT2D eigenvalue weighted by Gasteiger charge is -2.20. The van der Waals surface area contributed by atoms with E-state index in [2.05, 4.69) is 25.9 Å². The molecule has 1 amide bonds. The molecule has 4 rings (SSSR count). The molecule has 0 atom stereocenters. The molecule has 134 valence electrons. The molecule has 0 radical (unpaired) electrons. The lowest BCUT2D eigenvalue weighted by atomic mass is 10.2. The van der Waals surface area contributed by atoms with Gasteiger partial charge >= 0.3 is 0 Å². The number of hydrogen-bond donors (Lipinski definition) is 0. The Labute approximate surface area is 167 Å². The zero-order valence-electron chi connectivity index (χ0n) is 14.0. The molecular formula is C20H13BrFN3OS. The van der Waals surface area contributed by atoms with Crippen molar-refractivity contribution in [3.8, 4) is 0 Å². The number of nitrogens with zero attached hydrogens (tertiary/aromatic N) is 3. The van der Waals surface area contributed by atoms with Crippen LogP contribution < -0.4 is 4.90 Å². The molecule has 0 aliphatic carbocycles. The molecule has 0 saturated heterocycles. The number of carbonyl (C=O) groups is 1. The Hall–Kier alpha value is -2.64. The molecule has 2 aromatic carbocycles. The average molecular weight is 442 g/mol. The standard InChI is InChI=1S/C20H13BrFN3OS/c21-15-5-8-17-18(10-15)27-20(24-17)25(12-13-2-1-9-23-11-13)19(26)14-3-6-16(22)7-4-14/h1-11H,12H2. The van der Waals surface area contributed by atoms with Crippen molar-refractivity contribution < 1.29 is 9.18 Å². The summed E-state index contributed by atoms with van der Waals surface area (Å²) < 4.78 is 15.2. The number of carbonyl (C=O) groups excluding carboxylic acids is 1. The van der Waals surface area contributed by atoms with Crippen LogP contribution in [0, 0.1) is 5.82 Å². The second-order valence-corrected chi connectivity index (χ2v) is 7.79. The van der Waals surface area contributed by atoms with Gasteiger partial charge in [-0.15, -0.1) is 0 Å². The molecule has 0 saturated carbocycles. The van der Waals surface area contributed by atoms with Crippen LogP contribution >= 0.6 is 27.3 Å². The van der Waals surface area contributed by atoms with E-state index in [1.165, 1.54) is 35.6 Å². The van der Waals surface area contributed by atoms with Gasteiger partial charge in [0.15, 0.2) is 5.13 Å². The number of thiazole rings is 1. The van der Waals surface area contributed by atoms with Crippen molar-refractivity contribution in [3.63, 3.8) is 0 Å². The maximum absolute atomic E-state index is 13.3. The molecule has 2 heterocycles. The highest BCUT2D eigenvalue weighted by Crippen LogP contribution is 2.32. The highest BCUT2D eigenvalue weighted by molar-refractivity contribution is 9.10. The van der Waals surface area contributed by atoms with Crippen molar-refractivity contribution in [3.05, 3.63) is 88.4 Å². The minimum absolute atomic E-state index is 0.239. The lowest BCUT2D eigenvalue weighted by Crippen LogP contribution is -2.30. The fraction of sp³-hybridized carbons (Fsp3) is 0.0500. The van der Waals surface area contributed by atoms with Crippen LogP contribution in [0.5, 0.6) is 0 Å². The van der Waals surface area contributed by atoms with Crippen molar-refractivity contribution in [2.24, 2.45) is 0 Å². The SMILES string of the molecule is O=C(c1ccc(F)cc1)N(Cc1cccnc1)c1nc2ccc(Br)cc2s1. The number of aromatic nitrogens is 2. The van der Waals surface area contributed by atoms with Crippen LogP contribution in [0.2, 0.25) is 0 Å². The van der Waals surface area contributed by atoms with Gasteiger partial charge in [0.05, 0.1) is 16.8 Å². The molecule has 0 aliphatic heterocycles. The summed E-state index contributed by atoms with van der Waals surface area (Å²) >= 11 is 4.89. The molecule has 4 aromatic rings. The largest absolute Gasteiger partial charge is 0.279 e. The highest BCUT2D eigenvalue weighted by Gasteiger charge is 2.22. The van der Waals surface area contributed by atoms with Gasteiger partial charge < -0.3 is 0 Å². The number of amides is 1. The van der Waals surface area contributed by atoms with Crippen molar-refractivity contribution in [2.75, 3.05) is 4.90 Å². The van der Waals surface area contributed by atoms with Crippen LogP contribution in [0.25, 0.3) is 10.2 Å². The molecule has 0 spiro atoms. The van der Waals surface area contributed by atoms with Crippen molar-refractivity contribution >= 4 is 48.5 Å². The predicted molar refractivity (Wildman–Crippen MR) is 108 cm³/mol. The number of pyridine rings is 1. The van der Waals surface area contributed by atoms with E-state index in [1.54, 1.807) is 17.3 Å². The molecule has 0 N–H and O–H groups in total. The fourth-order valence-corrected chi connectivity index (χ4v) is 4.17. The first-order valence-corrected chi connectivity index (χ1v) is 9.73. The van der Waals surface area contributed by atoms with E-state index >= 15 is 0 Å². The number of benzene rings is 2. The quantitative estimate of drug-likeness (QED) is 0.423. The molecule has 0 aliphatic rings. The Kier molecular flexibility index (Phi) is 4.96. The van der Waals surface area contributed by atoms with Gasteiger partial charge in [-0.3, -0.25) is 14.7 Å². The van der Waals surface area contributed by atoms with E-state index in [0.717, 1.165) is 20.3 Å². The summed E-state index contributed by atoms with van der Waals surface area (Å²) in [5, 5.41) is 0.585. The number of hydrogen-bond acceptors (Lipinski definition) is 4. The number of anilines is 1. The van der Waals surface area contributed by atoms with E-state index in [4.69, 9.17) is 0 Å². The molecular weight excluding hydrogens is 429 g/mol. The van der Waals surface area contributed by atoms with Crippen LogP contribution in [0.15, 0.2) is 71.5 Å². The topological polar surface area (TPSA) is 46.1 Å². The Morgan fingerprint density at radius 3 is 2.70 bits per heavy atom. The smallest absolute Gasteiger partial charge is 0.260 e. The fourth-order valence-electron chi connectivity index (χ4n) is 2.65. The summed E-state index contributed by atoms with van der Waals surface area (Å²) in [6.45, 7) is 0.324. The van der Waals surface area contributed by atoms with E-state index in [-0.39, 0.29) is 11.7 Å². The zero-order chi connectivity index (χ0) is 18.8. The normalized spacial score (nSPS) is 10.9. The summed E-state index contributed by atoms with van der Waals surface area (Å²) in [4.78, 5) is 23.5. The van der Waals surface area contributed by atoms with Crippen molar-refractivity contribution in [1.82, 2.24) is 9.97 Å². The van der Waals surface area contributed by atoms with E-state index in [0.29, 0.717) is 17.2 Å². The van der Waals surface area contributed by atoms with E-state index < -0.39 is 0 Å². The first-order valence-electron chi connectivity index (χ1n) is 8.12. The average Bonchev–Trinajstić information content (AvgIpc) is 3.10. The molecule has 0 unspecified atom stereocenters. The molecule has 7 heteroatoms. The van der Waals surface area contributed by atoms with Crippen molar-refractivity contribution in [2.45, 2.75) is 6.54 Å². The summed E-state index contributed by atoms with van der Waals surface area (Å²) in [6, 6.07) is 15.1. The van der Waals surface area contributed by atoms with E-state index in [9.17, 15) is 9.18 Å². The van der Waals surface area contributed by atoms with Gasteiger partial charge in [0.25, 0.3) is 5.91 Å². The van der Waals surface area contributed by atoms with Crippen LogP contribution in [0.4, 0.5) is 9.52 Å². The van der Waals surface area contributed by atoms with Gasteiger partial charge in [0, 0.05) is 22.4 Å². The van der Waals surface area contributed by atoms with E-state index in [1.807, 2.05) is 30.3 Å². The van der Waals surface area contributed by atoms with Crippen LogP contribution in [0.1, 0.15) is 15.9 Å². The van der Waals surface area contributed by atoms with Gasteiger partial charge in [-0.25, -0.2) is 9.37 Å². The van der Waals surface area contributed by atoms with Crippen molar-refractivity contribution in [1.29, 1.82) is 0 Å². The molecule has 4 nitrogen and oxygen atoms in total. The summed E-state index contributed by atoms with van der Waals surface area (Å²) in [7, 11) is 0. The highest BCUT2D eigenvalue weighted by atomic mass is 79.9. The van der Waals surface area contributed by atoms with Gasteiger partial charge in [0.1, 0.15) is 5.82 Å². The summed E-state index contributed by atoms with van der Waals surface area (Å²) in [6.07, 6.45) is 3.40. The minimum atomic E-state index is -0.379. The molecule has 2 aromatic heterocycles. The van der Waals surface area contributed by atoms with Crippen LogP contribution in [-0.2, 0) is 6.54 Å². The third-order valence-electron chi connectivity index (χ3n) is 3.97. The monoisotopic (exact) mass is 441 g/mol. The van der Waals surface area contributed by atoms with Crippen LogP contribution in [0.3, 0.4) is 0 Å². The Morgan fingerprint density at radius 2 is 1.96 bits per heavy atom. The van der Waals surface area contributed by atoms with Gasteiger partial charge in [-0.05, 0) is 54.1 Å². The maximum Gasteiger partial charge on any atom is 0.260 e. The second kappa shape index (κ2) is 7.54. The Balaban J connectivity index is 1.76. The number of halogens is 2. The minimum Gasteiger partial charge on any atom is -0.279 e. The third-order valence-corrected chi connectivity index (χ3v) is 5.50. The molecule has 0 bridgehead atoms. The first kappa shape index (κ1) is 17.8. The Morgan fingerprint density at radius 1 is 1.15 bits per heavy atom.